The first kappa shape index (κ1) is 14.6. The first-order valence-electron chi connectivity index (χ1n) is 6.96. The molecule has 98 valence electrons. The van der Waals surface area contributed by atoms with Gasteiger partial charge in [-0.15, -0.1) is 0 Å². The molecule has 1 aromatic carbocycles. The molecule has 1 rings (SSSR count). The van der Waals surface area contributed by atoms with Gasteiger partial charge in [-0.2, -0.15) is 5.26 Å². The molecule has 0 fully saturated rings. The second kappa shape index (κ2) is 8.58. The van der Waals surface area contributed by atoms with Gasteiger partial charge < -0.3 is 5.11 Å². The molecule has 0 aliphatic carbocycles. The van der Waals surface area contributed by atoms with Crippen LogP contribution < -0.4 is 0 Å². The van der Waals surface area contributed by atoms with Crippen LogP contribution in [0.15, 0.2) is 24.3 Å². The third kappa shape index (κ3) is 5.23. The largest absolute Gasteiger partial charge is 0.508 e. The van der Waals surface area contributed by atoms with Gasteiger partial charge in [0.25, 0.3) is 0 Å². The molecule has 0 aromatic heterocycles. The number of phenols is 1. The van der Waals surface area contributed by atoms with Crippen LogP contribution in [0.4, 0.5) is 0 Å². The first-order valence-corrected chi connectivity index (χ1v) is 6.96. The van der Waals surface area contributed by atoms with Gasteiger partial charge in [0.15, 0.2) is 0 Å². The molecule has 0 saturated heterocycles. The SMILES string of the molecule is CCCCCCCC[C@H](C#N)c1ccc(O)cc1. The molecule has 0 unspecified atom stereocenters. The molecule has 1 N–H and O–H groups in total. The third-order valence-corrected chi connectivity index (χ3v) is 3.30. The lowest BCUT2D eigenvalue weighted by molar-refractivity contribution is 0.475. The summed E-state index contributed by atoms with van der Waals surface area (Å²) in [5.74, 6) is 0.229. The van der Waals surface area contributed by atoms with E-state index in [0.29, 0.717) is 0 Å². The second-order valence-corrected chi connectivity index (χ2v) is 4.83. The quantitative estimate of drug-likeness (QED) is 0.672. The highest BCUT2D eigenvalue weighted by molar-refractivity contribution is 5.30. The summed E-state index contributed by atoms with van der Waals surface area (Å²) in [6, 6.07) is 9.36. The predicted molar refractivity (Wildman–Crippen MR) is 74.5 cm³/mol. The Balaban J connectivity index is 2.30. The Hall–Kier alpha value is -1.49. The zero-order valence-electron chi connectivity index (χ0n) is 11.2. The molecule has 18 heavy (non-hydrogen) atoms. The van der Waals surface area contributed by atoms with E-state index in [-0.39, 0.29) is 11.7 Å². The monoisotopic (exact) mass is 245 g/mol. The maximum atomic E-state index is 9.22. The molecule has 1 aromatic rings. The average molecular weight is 245 g/mol. The molecular weight excluding hydrogens is 222 g/mol. The zero-order chi connectivity index (χ0) is 13.2. The smallest absolute Gasteiger partial charge is 0.115 e. The number of hydrogen-bond donors (Lipinski definition) is 1. The maximum Gasteiger partial charge on any atom is 0.115 e. The molecule has 0 saturated carbocycles. The predicted octanol–water partition coefficient (Wildman–Crippen LogP) is 4.75. The number of phenolic OH excluding ortho intramolecular Hbond substituents is 1. The minimum absolute atomic E-state index is 0.0308. The van der Waals surface area contributed by atoms with Gasteiger partial charge in [-0.25, -0.2) is 0 Å². The summed E-state index contributed by atoms with van der Waals surface area (Å²) in [5, 5.41) is 18.4. The Morgan fingerprint density at radius 3 is 2.28 bits per heavy atom. The number of rotatable bonds is 8. The van der Waals surface area contributed by atoms with Crippen LogP contribution >= 0.6 is 0 Å². The molecule has 0 amide bonds. The highest BCUT2D eigenvalue weighted by Gasteiger charge is 2.09. The van der Waals surface area contributed by atoms with E-state index in [1.807, 2.05) is 12.1 Å². The van der Waals surface area contributed by atoms with Crippen molar-refractivity contribution in [3.8, 4) is 11.8 Å². The molecule has 1 atom stereocenters. The van der Waals surface area contributed by atoms with Crippen LogP contribution in [-0.4, -0.2) is 5.11 Å². The van der Waals surface area contributed by atoms with Crippen molar-refractivity contribution in [2.24, 2.45) is 0 Å². The summed E-state index contributed by atoms with van der Waals surface area (Å²) in [5.41, 5.74) is 1.02. The Morgan fingerprint density at radius 1 is 1.06 bits per heavy atom. The van der Waals surface area contributed by atoms with Gasteiger partial charge in [-0.1, -0.05) is 57.6 Å². The Bertz CT molecular complexity index is 364. The van der Waals surface area contributed by atoms with Crippen molar-refractivity contribution in [3.63, 3.8) is 0 Å². The average Bonchev–Trinajstić information content (AvgIpc) is 2.39. The van der Waals surface area contributed by atoms with Gasteiger partial charge in [0.2, 0.25) is 0 Å². The van der Waals surface area contributed by atoms with Crippen molar-refractivity contribution < 1.29 is 5.11 Å². The third-order valence-electron chi connectivity index (χ3n) is 3.30. The number of aromatic hydroxyl groups is 1. The fourth-order valence-electron chi connectivity index (χ4n) is 2.14. The van der Waals surface area contributed by atoms with Gasteiger partial charge in [0.1, 0.15) is 5.75 Å². The van der Waals surface area contributed by atoms with Gasteiger partial charge in [0.05, 0.1) is 12.0 Å². The fourth-order valence-corrected chi connectivity index (χ4v) is 2.14. The van der Waals surface area contributed by atoms with E-state index in [1.165, 1.54) is 32.1 Å². The number of nitrogens with zero attached hydrogens (tertiary/aromatic N) is 1. The number of nitriles is 1. The molecular formula is C16H23NO. The van der Waals surface area contributed by atoms with E-state index in [4.69, 9.17) is 0 Å². The molecule has 0 spiro atoms. The summed E-state index contributed by atoms with van der Waals surface area (Å²) < 4.78 is 0. The lowest BCUT2D eigenvalue weighted by atomic mass is 9.94. The van der Waals surface area contributed by atoms with Crippen LogP contribution in [0.3, 0.4) is 0 Å². The van der Waals surface area contributed by atoms with Crippen LogP contribution in [0, 0.1) is 11.3 Å². The number of unbranched alkanes of at least 4 members (excludes halogenated alkanes) is 5. The Labute approximate surface area is 110 Å². The maximum absolute atomic E-state index is 9.22. The fraction of sp³-hybridized carbons (Fsp3) is 0.562. The van der Waals surface area contributed by atoms with Crippen molar-refractivity contribution in [1.82, 2.24) is 0 Å². The zero-order valence-corrected chi connectivity index (χ0v) is 11.2. The molecule has 0 heterocycles. The van der Waals surface area contributed by atoms with E-state index >= 15 is 0 Å². The second-order valence-electron chi connectivity index (χ2n) is 4.83. The number of hydrogen-bond acceptors (Lipinski definition) is 2. The molecule has 0 aliphatic heterocycles. The van der Waals surface area contributed by atoms with Crippen molar-refractivity contribution >= 4 is 0 Å². The molecule has 2 nitrogen and oxygen atoms in total. The van der Waals surface area contributed by atoms with Gasteiger partial charge in [-0.3, -0.25) is 0 Å². The molecule has 0 bridgehead atoms. The van der Waals surface area contributed by atoms with Crippen LogP contribution in [0.5, 0.6) is 5.75 Å². The summed E-state index contributed by atoms with van der Waals surface area (Å²) >= 11 is 0. The lowest BCUT2D eigenvalue weighted by Gasteiger charge is -2.09. The highest BCUT2D eigenvalue weighted by Crippen LogP contribution is 2.23. The van der Waals surface area contributed by atoms with Crippen LogP contribution in [0.2, 0.25) is 0 Å². The summed E-state index contributed by atoms with van der Waals surface area (Å²) in [4.78, 5) is 0. The topological polar surface area (TPSA) is 44.0 Å². The first-order chi connectivity index (χ1) is 8.77. The van der Waals surface area contributed by atoms with Crippen molar-refractivity contribution in [2.75, 3.05) is 0 Å². The van der Waals surface area contributed by atoms with Crippen molar-refractivity contribution in [2.45, 2.75) is 57.8 Å². The summed E-state index contributed by atoms with van der Waals surface area (Å²) in [6.45, 7) is 2.22. The minimum Gasteiger partial charge on any atom is -0.508 e. The van der Waals surface area contributed by atoms with E-state index in [9.17, 15) is 10.4 Å². The van der Waals surface area contributed by atoms with E-state index in [0.717, 1.165) is 18.4 Å². The van der Waals surface area contributed by atoms with E-state index in [1.54, 1.807) is 12.1 Å². The van der Waals surface area contributed by atoms with Crippen LogP contribution in [-0.2, 0) is 0 Å². The summed E-state index contributed by atoms with van der Waals surface area (Å²) in [6.07, 6.45) is 8.44. The lowest BCUT2D eigenvalue weighted by Crippen LogP contribution is -1.95. The van der Waals surface area contributed by atoms with Gasteiger partial charge in [0, 0.05) is 0 Å². The molecule has 2 heteroatoms. The Kier molecular flexibility index (Phi) is 6.94. The van der Waals surface area contributed by atoms with Crippen molar-refractivity contribution in [3.05, 3.63) is 29.8 Å². The molecule has 0 radical (unpaired) electrons. The van der Waals surface area contributed by atoms with Gasteiger partial charge >= 0.3 is 0 Å². The Morgan fingerprint density at radius 2 is 1.67 bits per heavy atom. The summed E-state index contributed by atoms with van der Waals surface area (Å²) in [7, 11) is 0. The van der Waals surface area contributed by atoms with E-state index < -0.39 is 0 Å². The highest BCUT2D eigenvalue weighted by atomic mass is 16.3. The van der Waals surface area contributed by atoms with E-state index in [2.05, 4.69) is 13.0 Å². The standard InChI is InChI=1S/C16H23NO/c1-2-3-4-5-6-7-8-15(13-17)14-9-11-16(18)12-10-14/h9-12,15,18H,2-8H2,1H3/t15-/m1/s1. The van der Waals surface area contributed by atoms with Gasteiger partial charge in [-0.05, 0) is 24.1 Å². The van der Waals surface area contributed by atoms with Crippen molar-refractivity contribution in [1.29, 1.82) is 5.26 Å². The molecule has 0 aliphatic rings. The normalized spacial score (nSPS) is 12.0. The number of benzene rings is 1. The van der Waals surface area contributed by atoms with Crippen LogP contribution in [0.25, 0.3) is 0 Å². The van der Waals surface area contributed by atoms with Crippen LogP contribution in [0.1, 0.15) is 63.4 Å². The minimum atomic E-state index is -0.0308.